The zero-order valence-electron chi connectivity index (χ0n) is 14.0. The number of unbranched alkanes of at least 4 members (excludes halogenated alkanes) is 1. The van der Waals surface area contributed by atoms with Crippen molar-refractivity contribution in [1.82, 2.24) is 0 Å². The van der Waals surface area contributed by atoms with E-state index in [0.717, 1.165) is 24.2 Å². The van der Waals surface area contributed by atoms with Crippen molar-refractivity contribution in [2.24, 2.45) is 5.92 Å². The molecule has 0 fully saturated rings. The maximum atomic E-state index is 11.8. The summed E-state index contributed by atoms with van der Waals surface area (Å²) in [4.78, 5) is 11.8. The Labute approximate surface area is 134 Å². The van der Waals surface area contributed by atoms with Gasteiger partial charge in [-0.15, -0.1) is 0 Å². The number of hydrogen-bond acceptors (Lipinski definition) is 3. The van der Waals surface area contributed by atoms with Crippen molar-refractivity contribution in [2.75, 3.05) is 13.2 Å². The van der Waals surface area contributed by atoms with Crippen molar-refractivity contribution in [3.8, 4) is 5.75 Å². The van der Waals surface area contributed by atoms with E-state index in [1.807, 2.05) is 31.2 Å². The number of esters is 1. The lowest BCUT2D eigenvalue weighted by molar-refractivity contribution is -0.139. The number of benzene rings is 1. The van der Waals surface area contributed by atoms with Gasteiger partial charge in [0, 0.05) is 11.6 Å². The minimum absolute atomic E-state index is 0.291. The SMILES string of the molecule is CCCCC(CC)COC(=O)/C=C/c1ccccc1OCC. The van der Waals surface area contributed by atoms with Gasteiger partial charge in [0.25, 0.3) is 0 Å². The Morgan fingerprint density at radius 2 is 2.00 bits per heavy atom. The fourth-order valence-electron chi connectivity index (χ4n) is 2.21. The Hall–Kier alpha value is -1.77. The first kappa shape index (κ1) is 18.3. The molecule has 1 unspecified atom stereocenters. The maximum absolute atomic E-state index is 11.8. The summed E-state index contributed by atoms with van der Waals surface area (Å²) in [6.45, 7) is 7.37. The summed E-state index contributed by atoms with van der Waals surface area (Å²) in [5.41, 5.74) is 0.888. The van der Waals surface area contributed by atoms with Crippen LogP contribution in [0.4, 0.5) is 0 Å². The molecule has 0 saturated heterocycles. The molecule has 3 heteroatoms. The molecule has 22 heavy (non-hydrogen) atoms. The van der Waals surface area contributed by atoms with Gasteiger partial charge in [-0.3, -0.25) is 0 Å². The molecule has 0 amide bonds. The van der Waals surface area contributed by atoms with E-state index in [-0.39, 0.29) is 5.97 Å². The molecule has 3 nitrogen and oxygen atoms in total. The molecule has 0 heterocycles. The monoisotopic (exact) mass is 304 g/mol. The minimum Gasteiger partial charge on any atom is -0.493 e. The van der Waals surface area contributed by atoms with Gasteiger partial charge in [-0.05, 0) is 31.4 Å². The third-order valence-electron chi connectivity index (χ3n) is 3.62. The quantitative estimate of drug-likeness (QED) is 0.457. The largest absolute Gasteiger partial charge is 0.493 e. The molecule has 122 valence electrons. The lowest BCUT2D eigenvalue weighted by atomic mass is 10.0. The molecule has 0 radical (unpaired) electrons. The van der Waals surface area contributed by atoms with Crippen LogP contribution in [-0.2, 0) is 9.53 Å². The van der Waals surface area contributed by atoms with Gasteiger partial charge in [0.1, 0.15) is 5.75 Å². The smallest absolute Gasteiger partial charge is 0.330 e. The standard InChI is InChI=1S/C19H28O3/c1-4-7-10-16(5-2)15-22-19(20)14-13-17-11-8-9-12-18(17)21-6-3/h8-9,11-14,16H,4-7,10,15H2,1-3H3/b14-13+. The van der Waals surface area contributed by atoms with Gasteiger partial charge in [-0.2, -0.15) is 0 Å². The Bertz CT molecular complexity index is 466. The fraction of sp³-hybridized carbons (Fsp3) is 0.526. The summed E-state index contributed by atoms with van der Waals surface area (Å²) in [6.07, 6.45) is 7.76. The first-order valence-corrected chi connectivity index (χ1v) is 8.27. The summed E-state index contributed by atoms with van der Waals surface area (Å²) in [5.74, 6) is 0.956. The predicted octanol–water partition coefficient (Wildman–Crippen LogP) is 4.86. The van der Waals surface area contributed by atoms with Crippen LogP contribution in [0.2, 0.25) is 0 Å². The molecular formula is C19H28O3. The number of hydrogen-bond donors (Lipinski definition) is 0. The molecule has 0 N–H and O–H groups in total. The third-order valence-corrected chi connectivity index (χ3v) is 3.62. The second-order valence-corrected chi connectivity index (χ2v) is 5.35. The van der Waals surface area contributed by atoms with Gasteiger partial charge < -0.3 is 9.47 Å². The van der Waals surface area contributed by atoms with Crippen LogP contribution in [0.3, 0.4) is 0 Å². The molecule has 1 aromatic rings. The Morgan fingerprint density at radius 3 is 2.68 bits per heavy atom. The van der Waals surface area contributed by atoms with Crippen LogP contribution in [0.5, 0.6) is 5.75 Å². The van der Waals surface area contributed by atoms with Crippen molar-refractivity contribution in [2.45, 2.75) is 46.5 Å². The van der Waals surface area contributed by atoms with Crippen LogP contribution in [0, 0.1) is 5.92 Å². The van der Waals surface area contributed by atoms with Crippen LogP contribution >= 0.6 is 0 Å². The molecule has 0 spiro atoms. The molecule has 0 saturated carbocycles. The molecule has 0 aliphatic rings. The average Bonchev–Trinajstić information content (AvgIpc) is 2.54. The van der Waals surface area contributed by atoms with Gasteiger partial charge in [0.2, 0.25) is 0 Å². The Kier molecular flexibility index (Phi) is 9.04. The lowest BCUT2D eigenvalue weighted by Gasteiger charge is -2.13. The first-order valence-electron chi connectivity index (χ1n) is 8.27. The van der Waals surface area contributed by atoms with E-state index in [9.17, 15) is 4.79 Å². The van der Waals surface area contributed by atoms with Crippen LogP contribution in [0.25, 0.3) is 6.08 Å². The fourth-order valence-corrected chi connectivity index (χ4v) is 2.21. The van der Waals surface area contributed by atoms with E-state index in [4.69, 9.17) is 9.47 Å². The van der Waals surface area contributed by atoms with Crippen molar-refractivity contribution < 1.29 is 14.3 Å². The highest BCUT2D eigenvalue weighted by atomic mass is 16.5. The molecule has 0 aliphatic carbocycles. The van der Waals surface area contributed by atoms with Gasteiger partial charge in [0.15, 0.2) is 0 Å². The van der Waals surface area contributed by atoms with Gasteiger partial charge in [-0.1, -0.05) is 51.3 Å². The van der Waals surface area contributed by atoms with Crippen LogP contribution in [-0.4, -0.2) is 19.2 Å². The summed E-state index contributed by atoms with van der Waals surface area (Å²) >= 11 is 0. The van der Waals surface area contributed by atoms with Gasteiger partial charge in [0.05, 0.1) is 13.2 Å². The van der Waals surface area contributed by atoms with Gasteiger partial charge >= 0.3 is 5.97 Å². The molecule has 1 atom stereocenters. The number of carbonyl (C=O) groups is 1. The molecule has 0 aromatic heterocycles. The number of para-hydroxylation sites is 1. The summed E-state index contributed by atoms with van der Waals surface area (Å²) in [6, 6.07) is 7.66. The minimum atomic E-state index is -0.291. The number of rotatable bonds is 10. The maximum Gasteiger partial charge on any atom is 0.330 e. The van der Waals surface area contributed by atoms with E-state index in [2.05, 4.69) is 13.8 Å². The topological polar surface area (TPSA) is 35.5 Å². The number of ether oxygens (including phenoxy) is 2. The highest BCUT2D eigenvalue weighted by Gasteiger charge is 2.08. The first-order chi connectivity index (χ1) is 10.7. The molecule has 1 aromatic carbocycles. The van der Waals surface area contributed by atoms with E-state index in [1.165, 1.54) is 18.9 Å². The highest BCUT2D eigenvalue weighted by Crippen LogP contribution is 2.19. The summed E-state index contributed by atoms with van der Waals surface area (Å²) in [7, 11) is 0. The Morgan fingerprint density at radius 1 is 1.23 bits per heavy atom. The molecular weight excluding hydrogens is 276 g/mol. The van der Waals surface area contributed by atoms with Crippen LogP contribution in [0.15, 0.2) is 30.3 Å². The predicted molar refractivity (Wildman–Crippen MR) is 90.9 cm³/mol. The van der Waals surface area contributed by atoms with Crippen molar-refractivity contribution in [1.29, 1.82) is 0 Å². The molecule has 0 aliphatic heterocycles. The van der Waals surface area contributed by atoms with Crippen molar-refractivity contribution in [3.05, 3.63) is 35.9 Å². The number of carbonyl (C=O) groups excluding carboxylic acids is 1. The summed E-state index contributed by atoms with van der Waals surface area (Å²) in [5, 5.41) is 0. The molecule has 1 rings (SSSR count). The third kappa shape index (κ3) is 6.79. The second-order valence-electron chi connectivity index (χ2n) is 5.35. The highest BCUT2D eigenvalue weighted by molar-refractivity contribution is 5.87. The Balaban J connectivity index is 2.50. The van der Waals surface area contributed by atoms with E-state index < -0.39 is 0 Å². The van der Waals surface area contributed by atoms with Crippen molar-refractivity contribution in [3.63, 3.8) is 0 Å². The van der Waals surface area contributed by atoms with Crippen LogP contribution in [0.1, 0.15) is 52.0 Å². The van der Waals surface area contributed by atoms with E-state index >= 15 is 0 Å². The molecule has 0 bridgehead atoms. The van der Waals surface area contributed by atoms with E-state index in [0.29, 0.717) is 19.1 Å². The average molecular weight is 304 g/mol. The van der Waals surface area contributed by atoms with Gasteiger partial charge in [-0.25, -0.2) is 4.79 Å². The zero-order chi connectivity index (χ0) is 16.2. The zero-order valence-corrected chi connectivity index (χ0v) is 14.0. The van der Waals surface area contributed by atoms with E-state index in [1.54, 1.807) is 6.08 Å². The second kappa shape index (κ2) is 10.9. The normalized spacial score (nSPS) is 12.3. The van der Waals surface area contributed by atoms with Crippen LogP contribution < -0.4 is 4.74 Å². The lowest BCUT2D eigenvalue weighted by Crippen LogP contribution is -2.12. The summed E-state index contributed by atoms with van der Waals surface area (Å²) < 4.78 is 10.9. The van der Waals surface area contributed by atoms with Crippen molar-refractivity contribution >= 4 is 12.0 Å².